The number of para-hydroxylation sites is 1. The Morgan fingerprint density at radius 2 is 1.73 bits per heavy atom. The molecular weight excluding hydrogens is 560 g/mol. The highest BCUT2D eigenvalue weighted by Crippen LogP contribution is 2.66. The van der Waals surface area contributed by atoms with E-state index in [4.69, 9.17) is 9.84 Å². The summed E-state index contributed by atoms with van der Waals surface area (Å²) in [7, 11) is 0. The van der Waals surface area contributed by atoms with E-state index in [-0.39, 0.29) is 42.7 Å². The first-order valence-electron chi connectivity index (χ1n) is 15.3. The standard InChI is InChI=1S/C34H42N4O6/c1-33(2)23-15-16-34(33,3)28(18-23)44-32(43)38-26(17-22-19-35-25-12-8-7-11-24(22)25)31(42)36-20-27(21-9-5-4-6-10-21)37-29(39)13-14-30(40)41/h4-12,19,23,26-28,35H,13-18,20H2,1-3H3,(H,36,42)(H,37,39)(H,38,43)(H,40,41)/t23-,26+,27-,28+,34+/m0/s1. The lowest BCUT2D eigenvalue weighted by molar-refractivity contribution is -0.138. The zero-order valence-corrected chi connectivity index (χ0v) is 25.5. The van der Waals surface area contributed by atoms with Crippen molar-refractivity contribution in [2.75, 3.05) is 6.54 Å². The molecule has 1 aromatic heterocycles. The summed E-state index contributed by atoms with van der Waals surface area (Å²) in [5, 5.41) is 18.5. The highest BCUT2D eigenvalue weighted by molar-refractivity contribution is 5.88. The molecular formula is C34H42N4O6. The SMILES string of the molecule is CC1(C)[C@H]2CC[C@]1(C)[C@H](OC(=O)N[C@H](Cc1c[nH]c3ccccc13)C(=O)NC[C@H](NC(=O)CCC(=O)O)c1ccccc1)C2. The number of hydrogen-bond acceptors (Lipinski definition) is 5. The number of aromatic amines is 1. The van der Waals surface area contributed by atoms with E-state index in [9.17, 15) is 19.2 Å². The minimum absolute atomic E-state index is 0.0410. The highest BCUT2D eigenvalue weighted by Gasteiger charge is 2.63. The van der Waals surface area contributed by atoms with Gasteiger partial charge in [-0.25, -0.2) is 4.79 Å². The van der Waals surface area contributed by atoms with Gasteiger partial charge in [0.15, 0.2) is 0 Å². The number of carboxylic acid groups (broad SMARTS) is 1. The maximum Gasteiger partial charge on any atom is 0.408 e. The average molecular weight is 603 g/mol. The summed E-state index contributed by atoms with van der Waals surface area (Å²) in [6.07, 6.45) is 3.69. The third-order valence-electron chi connectivity index (χ3n) is 10.3. The van der Waals surface area contributed by atoms with E-state index >= 15 is 0 Å². The van der Waals surface area contributed by atoms with Gasteiger partial charge in [0.1, 0.15) is 12.1 Å². The van der Waals surface area contributed by atoms with Crippen LogP contribution in [0.2, 0.25) is 0 Å². The summed E-state index contributed by atoms with van der Waals surface area (Å²) >= 11 is 0. The van der Waals surface area contributed by atoms with Crippen LogP contribution in [0.25, 0.3) is 10.9 Å². The van der Waals surface area contributed by atoms with Crippen molar-refractivity contribution in [2.24, 2.45) is 16.7 Å². The first-order valence-corrected chi connectivity index (χ1v) is 15.3. The Morgan fingerprint density at radius 1 is 1.00 bits per heavy atom. The molecule has 0 unspecified atom stereocenters. The molecule has 2 bridgehead atoms. The van der Waals surface area contributed by atoms with Crippen molar-refractivity contribution in [3.05, 3.63) is 71.9 Å². The summed E-state index contributed by atoms with van der Waals surface area (Å²) < 4.78 is 6.02. The molecule has 2 saturated carbocycles. The number of fused-ring (bicyclic) bond motifs is 3. The average Bonchev–Trinajstić information content (AvgIpc) is 3.57. The molecule has 0 saturated heterocycles. The molecule has 0 radical (unpaired) electrons. The Bertz CT molecular complexity index is 1520. The predicted molar refractivity (Wildman–Crippen MR) is 166 cm³/mol. The zero-order chi connectivity index (χ0) is 31.5. The lowest BCUT2D eigenvalue weighted by Gasteiger charge is -2.38. The molecule has 5 atom stereocenters. The highest BCUT2D eigenvalue weighted by atomic mass is 16.6. The van der Waals surface area contributed by atoms with Crippen molar-refractivity contribution in [2.45, 2.75) is 77.5 Å². The third-order valence-corrected chi connectivity index (χ3v) is 10.3. The number of aliphatic carboxylic acids is 1. The number of H-pyrrole nitrogens is 1. The number of benzene rings is 2. The smallest absolute Gasteiger partial charge is 0.408 e. The van der Waals surface area contributed by atoms with Crippen LogP contribution < -0.4 is 16.0 Å². The second-order valence-corrected chi connectivity index (χ2v) is 12.9. The van der Waals surface area contributed by atoms with E-state index in [1.54, 1.807) is 0 Å². The van der Waals surface area contributed by atoms with Gasteiger partial charge in [0, 0.05) is 41.9 Å². The summed E-state index contributed by atoms with van der Waals surface area (Å²) in [6, 6.07) is 15.4. The number of carbonyl (C=O) groups is 4. The zero-order valence-electron chi connectivity index (χ0n) is 25.5. The number of amides is 3. The molecule has 2 fully saturated rings. The minimum Gasteiger partial charge on any atom is -0.481 e. The predicted octanol–water partition coefficient (Wildman–Crippen LogP) is 4.86. The molecule has 0 aliphatic heterocycles. The van der Waals surface area contributed by atoms with Gasteiger partial charge in [-0.3, -0.25) is 14.4 Å². The Morgan fingerprint density at radius 3 is 2.41 bits per heavy atom. The molecule has 1 heterocycles. The number of aromatic nitrogens is 1. The van der Waals surface area contributed by atoms with Gasteiger partial charge < -0.3 is 30.8 Å². The Hall–Kier alpha value is -4.34. The molecule has 2 aliphatic carbocycles. The third kappa shape index (κ3) is 6.44. The number of alkyl carbamates (subject to hydrolysis) is 1. The van der Waals surface area contributed by atoms with Gasteiger partial charge in [-0.15, -0.1) is 0 Å². The number of nitrogens with one attached hydrogen (secondary N) is 4. The molecule has 10 nitrogen and oxygen atoms in total. The second kappa shape index (κ2) is 12.7. The van der Waals surface area contributed by atoms with Crippen LogP contribution in [0.4, 0.5) is 4.79 Å². The van der Waals surface area contributed by atoms with Crippen LogP contribution in [0.15, 0.2) is 60.8 Å². The van der Waals surface area contributed by atoms with E-state index < -0.39 is 36.0 Å². The fraction of sp³-hybridized carbons (Fsp3) is 0.471. The number of rotatable bonds is 12. The van der Waals surface area contributed by atoms with Gasteiger partial charge in [-0.05, 0) is 47.8 Å². The number of carbonyl (C=O) groups excluding carboxylic acids is 3. The quantitative estimate of drug-likeness (QED) is 0.200. The van der Waals surface area contributed by atoms with Crippen LogP contribution in [0, 0.1) is 16.7 Å². The van der Waals surface area contributed by atoms with E-state index in [2.05, 4.69) is 41.7 Å². The van der Waals surface area contributed by atoms with Gasteiger partial charge in [-0.2, -0.15) is 0 Å². The van der Waals surface area contributed by atoms with Crippen molar-refractivity contribution in [3.63, 3.8) is 0 Å². The Kier molecular flexibility index (Phi) is 8.99. The molecule has 10 heteroatoms. The van der Waals surface area contributed by atoms with Crippen molar-refractivity contribution in [1.29, 1.82) is 0 Å². The molecule has 44 heavy (non-hydrogen) atoms. The lowest BCUT2D eigenvalue weighted by atomic mass is 9.70. The normalized spacial score (nSPS) is 23.1. The molecule has 234 valence electrons. The van der Waals surface area contributed by atoms with Crippen LogP contribution in [0.3, 0.4) is 0 Å². The monoisotopic (exact) mass is 602 g/mol. The van der Waals surface area contributed by atoms with Crippen LogP contribution in [0.1, 0.15) is 70.0 Å². The fourth-order valence-corrected chi connectivity index (χ4v) is 7.09. The Balaban J connectivity index is 1.31. The number of carboxylic acids is 1. The van der Waals surface area contributed by atoms with Gasteiger partial charge >= 0.3 is 12.1 Å². The van der Waals surface area contributed by atoms with Gasteiger partial charge in [0.05, 0.1) is 12.5 Å². The van der Waals surface area contributed by atoms with Crippen molar-refractivity contribution >= 4 is 34.8 Å². The first-order chi connectivity index (χ1) is 21.0. The fourth-order valence-electron chi connectivity index (χ4n) is 7.09. The van der Waals surface area contributed by atoms with E-state index in [0.29, 0.717) is 5.92 Å². The first kappa shape index (κ1) is 31.1. The minimum atomic E-state index is -1.06. The van der Waals surface area contributed by atoms with Crippen LogP contribution in [0.5, 0.6) is 0 Å². The van der Waals surface area contributed by atoms with Crippen molar-refractivity contribution in [3.8, 4) is 0 Å². The summed E-state index contributed by atoms with van der Waals surface area (Å²) in [6.45, 7) is 6.74. The second-order valence-electron chi connectivity index (χ2n) is 12.9. The summed E-state index contributed by atoms with van der Waals surface area (Å²) in [4.78, 5) is 53.8. The van der Waals surface area contributed by atoms with Gasteiger partial charge in [0.2, 0.25) is 11.8 Å². The van der Waals surface area contributed by atoms with Gasteiger partial charge in [0.25, 0.3) is 0 Å². The van der Waals surface area contributed by atoms with Crippen LogP contribution in [-0.4, -0.2) is 52.7 Å². The van der Waals surface area contributed by atoms with E-state index in [1.165, 1.54) is 0 Å². The topological polar surface area (TPSA) is 150 Å². The maximum absolute atomic E-state index is 13.7. The number of hydrogen-bond donors (Lipinski definition) is 5. The molecule has 3 aromatic rings. The van der Waals surface area contributed by atoms with Crippen molar-refractivity contribution in [1.82, 2.24) is 20.9 Å². The molecule has 5 rings (SSSR count). The van der Waals surface area contributed by atoms with Crippen LogP contribution in [-0.2, 0) is 25.5 Å². The molecule has 5 N–H and O–H groups in total. The van der Waals surface area contributed by atoms with E-state index in [1.807, 2.05) is 60.8 Å². The van der Waals surface area contributed by atoms with Crippen LogP contribution >= 0.6 is 0 Å². The summed E-state index contributed by atoms with van der Waals surface area (Å²) in [5.41, 5.74) is 2.50. The van der Waals surface area contributed by atoms with Gasteiger partial charge in [-0.1, -0.05) is 69.3 Å². The Labute approximate surface area is 257 Å². The lowest BCUT2D eigenvalue weighted by Crippen LogP contribution is -2.51. The summed E-state index contributed by atoms with van der Waals surface area (Å²) in [5.74, 6) is -1.43. The molecule has 3 amide bonds. The largest absolute Gasteiger partial charge is 0.481 e. The number of ether oxygens (including phenoxy) is 1. The molecule has 2 aromatic carbocycles. The van der Waals surface area contributed by atoms with Crippen molar-refractivity contribution < 1.29 is 29.0 Å². The molecule has 0 spiro atoms. The maximum atomic E-state index is 13.7. The molecule has 2 aliphatic rings. The van der Waals surface area contributed by atoms with E-state index in [0.717, 1.165) is 41.3 Å².